The van der Waals surface area contributed by atoms with Crippen LogP contribution in [0, 0.1) is 5.92 Å². The number of amides is 2. The molecular formula is C23H32F3N3O3. The zero-order valence-electron chi connectivity index (χ0n) is 18.2. The van der Waals surface area contributed by atoms with Crippen molar-refractivity contribution in [2.75, 3.05) is 0 Å². The molecule has 4 N–H and O–H groups in total. The molecule has 3 rings (SSSR count). The lowest BCUT2D eigenvalue weighted by Crippen LogP contribution is -2.57. The number of carbonyl (C=O) groups is 2. The molecule has 1 aromatic carbocycles. The van der Waals surface area contributed by atoms with Gasteiger partial charge in [0.15, 0.2) is 0 Å². The van der Waals surface area contributed by atoms with E-state index in [0.717, 1.165) is 57.8 Å². The fourth-order valence-electron chi connectivity index (χ4n) is 4.64. The highest BCUT2D eigenvalue weighted by Crippen LogP contribution is 2.30. The number of carbonyl (C=O) groups excluding carboxylic acids is 2. The number of nitrogens with one attached hydrogen (secondary N) is 2. The minimum absolute atomic E-state index is 0.0462. The molecule has 0 unspecified atom stereocenters. The van der Waals surface area contributed by atoms with Crippen molar-refractivity contribution in [2.45, 2.75) is 88.7 Å². The Morgan fingerprint density at radius 1 is 1.09 bits per heavy atom. The molecule has 6 nitrogen and oxygen atoms in total. The first-order valence-corrected chi connectivity index (χ1v) is 11.3. The first-order valence-electron chi connectivity index (χ1n) is 11.3. The van der Waals surface area contributed by atoms with Crippen molar-refractivity contribution < 1.29 is 27.5 Å². The zero-order chi connectivity index (χ0) is 23.2. The molecule has 32 heavy (non-hydrogen) atoms. The van der Waals surface area contributed by atoms with Crippen molar-refractivity contribution in [1.82, 2.24) is 10.6 Å². The lowest BCUT2D eigenvalue weighted by molar-refractivity contribution is -0.274. The van der Waals surface area contributed by atoms with Gasteiger partial charge in [0.05, 0.1) is 5.54 Å². The third-order valence-corrected chi connectivity index (χ3v) is 6.48. The van der Waals surface area contributed by atoms with E-state index < -0.39 is 11.9 Å². The molecule has 0 saturated heterocycles. The molecule has 0 bridgehead atoms. The van der Waals surface area contributed by atoms with E-state index in [0.29, 0.717) is 12.0 Å². The normalized spacial score (nSPS) is 23.2. The monoisotopic (exact) mass is 455 g/mol. The van der Waals surface area contributed by atoms with Crippen LogP contribution in [0.1, 0.15) is 69.8 Å². The molecule has 0 radical (unpaired) electrons. The largest absolute Gasteiger partial charge is 0.573 e. The number of halogens is 3. The number of nitrogens with two attached hydrogens (primary N) is 1. The van der Waals surface area contributed by atoms with Crippen molar-refractivity contribution in [3.8, 4) is 5.75 Å². The summed E-state index contributed by atoms with van der Waals surface area (Å²) in [5.41, 5.74) is 6.10. The van der Waals surface area contributed by atoms with Crippen molar-refractivity contribution in [2.24, 2.45) is 11.7 Å². The van der Waals surface area contributed by atoms with Crippen LogP contribution >= 0.6 is 0 Å². The lowest BCUT2D eigenvalue weighted by Gasteiger charge is -2.35. The SMILES string of the molecule is NC1(C(=O)N[C@H]2CC[C@@H](CC(=O)NCc3cccc(OC(F)(F)F)c3)CC2)CCCCC1. The molecule has 2 amide bonds. The molecular weight excluding hydrogens is 423 g/mol. The van der Waals surface area contributed by atoms with Gasteiger partial charge in [-0.05, 0) is 62.1 Å². The third kappa shape index (κ3) is 7.39. The fraction of sp³-hybridized carbons (Fsp3) is 0.652. The first kappa shape index (κ1) is 24.4. The third-order valence-electron chi connectivity index (χ3n) is 6.48. The summed E-state index contributed by atoms with van der Waals surface area (Å²) in [6.07, 6.45) is 3.51. The van der Waals surface area contributed by atoms with Gasteiger partial charge in [-0.25, -0.2) is 0 Å². The zero-order valence-corrected chi connectivity index (χ0v) is 18.2. The maximum absolute atomic E-state index is 12.6. The van der Waals surface area contributed by atoms with Crippen molar-refractivity contribution >= 4 is 11.8 Å². The summed E-state index contributed by atoms with van der Waals surface area (Å²) in [6.45, 7) is 0.137. The summed E-state index contributed by atoms with van der Waals surface area (Å²) in [6, 6.07) is 5.67. The van der Waals surface area contributed by atoms with Gasteiger partial charge in [-0.3, -0.25) is 9.59 Å². The van der Waals surface area contributed by atoms with E-state index in [1.54, 1.807) is 6.07 Å². The average molecular weight is 456 g/mol. The van der Waals surface area contributed by atoms with E-state index >= 15 is 0 Å². The second-order valence-corrected chi connectivity index (χ2v) is 9.08. The average Bonchev–Trinajstić information content (AvgIpc) is 2.73. The molecule has 2 aliphatic carbocycles. The van der Waals surface area contributed by atoms with Crippen molar-refractivity contribution in [1.29, 1.82) is 0 Å². The van der Waals surface area contributed by atoms with Crippen LogP contribution in [0.4, 0.5) is 13.2 Å². The van der Waals surface area contributed by atoms with Gasteiger partial charge in [-0.15, -0.1) is 13.2 Å². The molecule has 178 valence electrons. The number of ether oxygens (including phenoxy) is 1. The van der Waals surface area contributed by atoms with Gasteiger partial charge in [-0.1, -0.05) is 31.4 Å². The maximum atomic E-state index is 12.6. The van der Waals surface area contributed by atoms with E-state index in [2.05, 4.69) is 15.4 Å². The predicted molar refractivity (Wildman–Crippen MR) is 113 cm³/mol. The molecule has 2 aliphatic rings. The first-order chi connectivity index (χ1) is 15.1. The second-order valence-electron chi connectivity index (χ2n) is 9.08. The summed E-state index contributed by atoms with van der Waals surface area (Å²) in [4.78, 5) is 24.9. The molecule has 0 spiro atoms. The highest BCUT2D eigenvalue weighted by molar-refractivity contribution is 5.86. The van der Waals surface area contributed by atoms with E-state index in [9.17, 15) is 22.8 Å². The molecule has 0 aromatic heterocycles. The van der Waals surface area contributed by atoms with Gasteiger partial charge in [-0.2, -0.15) is 0 Å². The smallest absolute Gasteiger partial charge is 0.406 e. The van der Waals surface area contributed by atoms with Gasteiger partial charge in [0.25, 0.3) is 0 Å². The van der Waals surface area contributed by atoms with Crippen LogP contribution in [0.25, 0.3) is 0 Å². The summed E-state index contributed by atoms with van der Waals surface area (Å²) >= 11 is 0. The highest BCUT2D eigenvalue weighted by atomic mass is 19.4. The van der Waals surface area contributed by atoms with Crippen LogP contribution in [0.5, 0.6) is 5.75 Å². The molecule has 9 heteroatoms. The molecule has 0 heterocycles. The van der Waals surface area contributed by atoms with Crippen molar-refractivity contribution in [3.05, 3.63) is 29.8 Å². The number of rotatable bonds is 7. The van der Waals surface area contributed by atoms with Crippen LogP contribution in [0.15, 0.2) is 24.3 Å². The van der Waals surface area contributed by atoms with Crippen LogP contribution in [-0.2, 0) is 16.1 Å². The van der Waals surface area contributed by atoms with Gasteiger partial charge in [0.2, 0.25) is 11.8 Å². The van der Waals surface area contributed by atoms with Crippen LogP contribution in [-0.4, -0.2) is 29.8 Å². The lowest BCUT2D eigenvalue weighted by atomic mass is 9.80. The molecule has 0 aliphatic heterocycles. The van der Waals surface area contributed by atoms with E-state index in [4.69, 9.17) is 5.73 Å². The number of alkyl halides is 3. The second kappa shape index (κ2) is 10.6. The molecule has 1 aromatic rings. The Balaban J connectivity index is 1.37. The van der Waals surface area contributed by atoms with E-state index in [-0.39, 0.29) is 36.1 Å². The minimum Gasteiger partial charge on any atom is -0.406 e. The Labute approximate surface area is 186 Å². The summed E-state index contributed by atoms with van der Waals surface area (Å²) in [5, 5.41) is 5.88. The van der Waals surface area contributed by atoms with Gasteiger partial charge < -0.3 is 21.1 Å². The molecule has 0 atom stereocenters. The quantitative estimate of drug-likeness (QED) is 0.581. The molecule has 2 fully saturated rings. The van der Waals surface area contributed by atoms with E-state index in [1.807, 2.05) is 0 Å². The van der Waals surface area contributed by atoms with Crippen LogP contribution < -0.4 is 21.1 Å². The van der Waals surface area contributed by atoms with Gasteiger partial charge >= 0.3 is 6.36 Å². The van der Waals surface area contributed by atoms with Crippen LogP contribution in [0.2, 0.25) is 0 Å². The van der Waals surface area contributed by atoms with E-state index in [1.165, 1.54) is 18.2 Å². The summed E-state index contributed by atoms with van der Waals surface area (Å²) in [7, 11) is 0. The van der Waals surface area contributed by atoms with Gasteiger partial charge in [0, 0.05) is 19.0 Å². The maximum Gasteiger partial charge on any atom is 0.573 e. The van der Waals surface area contributed by atoms with Crippen LogP contribution in [0.3, 0.4) is 0 Å². The van der Waals surface area contributed by atoms with Crippen molar-refractivity contribution in [3.63, 3.8) is 0 Å². The number of benzene rings is 1. The Morgan fingerprint density at radius 2 is 1.78 bits per heavy atom. The summed E-state index contributed by atoms with van der Waals surface area (Å²) < 4.78 is 40.9. The Morgan fingerprint density at radius 3 is 2.44 bits per heavy atom. The fourth-order valence-corrected chi connectivity index (χ4v) is 4.64. The predicted octanol–water partition coefficient (Wildman–Crippen LogP) is 3.93. The topological polar surface area (TPSA) is 93.5 Å². The number of hydrogen-bond acceptors (Lipinski definition) is 4. The Hall–Kier alpha value is -2.29. The van der Waals surface area contributed by atoms with Gasteiger partial charge in [0.1, 0.15) is 5.75 Å². The standard InChI is InChI=1S/C23H32F3N3O3/c24-23(25,26)32-19-6-4-5-17(13-19)15-28-20(30)14-16-7-9-18(10-8-16)29-21(31)22(27)11-2-1-3-12-22/h4-6,13,16,18H,1-3,7-12,14-15,27H2,(H,28,30)(H,29,31)/t16-,18+. The number of hydrogen-bond donors (Lipinski definition) is 3. The minimum atomic E-state index is -4.75. The Kier molecular flexibility index (Phi) is 8.03. The Bertz CT molecular complexity index is 786. The summed E-state index contributed by atoms with van der Waals surface area (Å²) in [5.74, 6) is -0.264. The highest BCUT2D eigenvalue weighted by Gasteiger charge is 2.37. The molecule has 2 saturated carbocycles.